The number of ketones is 1. The summed E-state index contributed by atoms with van der Waals surface area (Å²) in [4.78, 5) is 29.1. The summed E-state index contributed by atoms with van der Waals surface area (Å²) in [5.74, 6) is -0.464. The quantitative estimate of drug-likeness (QED) is 0.577. The van der Waals surface area contributed by atoms with Crippen LogP contribution in [0.15, 0.2) is 24.3 Å². The van der Waals surface area contributed by atoms with Crippen LogP contribution in [-0.2, 0) is 4.79 Å². The van der Waals surface area contributed by atoms with E-state index in [4.69, 9.17) is 5.73 Å². The zero-order chi connectivity index (χ0) is 19.3. The number of Topliss-reactive ketones (excluding diaryl/α,β-unsaturated/α-hetero) is 1. The third kappa shape index (κ3) is 5.45. The monoisotopic (exact) mass is 383 g/mol. The summed E-state index contributed by atoms with van der Waals surface area (Å²) < 4.78 is 12.9. The number of rotatable bonds is 7. The number of carbonyl (C=O) groups excluding carboxylic acids is 2. The molecule has 2 N–H and O–H groups in total. The van der Waals surface area contributed by atoms with Gasteiger partial charge in [-0.15, -0.1) is 0 Å². The van der Waals surface area contributed by atoms with Gasteiger partial charge in [0.1, 0.15) is 11.4 Å². The van der Waals surface area contributed by atoms with Crippen molar-refractivity contribution in [2.24, 2.45) is 5.73 Å². The Balaban J connectivity index is 0.00000280. The van der Waals surface area contributed by atoms with Crippen LogP contribution < -0.4 is 5.73 Å². The average Bonchev–Trinajstić information content (AvgIpc) is 2.69. The molecule has 0 aliphatic carbocycles. The molecule has 1 aromatic carbocycles. The van der Waals surface area contributed by atoms with Crippen LogP contribution in [-0.4, -0.2) is 78.6 Å². The van der Waals surface area contributed by atoms with Gasteiger partial charge in [-0.25, -0.2) is 4.39 Å². The van der Waals surface area contributed by atoms with E-state index in [1.54, 1.807) is 12.1 Å². The van der Waals surface area contributed by atoms with E-state index < -0.39 is 5.54 Å². The first kappa shape index (κ1) is 23.1. The summed E-state index contributed by atoms with van der Waals surface area (Å²) in [6.45, 7) is 4.44. The molecule has 0 radical (unpaired) electrons. The van der Waals surface area contributed by atoms with E-state index in [-0.39, 0.29) is 36.4 Å². The normalized spacial score (nSPS) is 20.3. The first-order chi connectivity index (χ1) is 13.0. The molecule has 2 fully saturated rings. The van der Waals surface area contributed by atoms with Gasteiger partial charge in [0.15, 0.2) is 5.78 Å². The molecule has 0 aromatic heterocycles. The summed E-state index contributed by atoms with van der Waals surface area (Å²) in [6.07, 6.45) is 6.29. The van der Waals surface area contributed by atoms with Gasteiger partial charge in [-0.3, -0.25) is 14.5 Å². The number of piperidine rings is 2. The van der Waals surface area contributed by atoms with Crippen LogP contribution in [0.1, 0.15) is 55.3 Å². The molecule has 5 nitrogen and oxygen atoms in total. The van der Waals surface area contributed by atoms with Gasteiger partial charge in [-0.2, -0.15) is 0 Å². The number of carbonyl (C=O) groups is 2. The molecular formula is C21H31FLiN3O2. The van der Waals surface area contributed by atoms with Crippen LogP contribution in [0.3, 0.4) is 0 Å². The molecular weight excluding hydrogens is 352 g/mol. The third-order valence-electron chi connectivity index (χ3n) is 6.15. The molecule has 0 saturated carbocycles. The third-order valence-corrected chi connectivity index (χ3v) is 6.15. The summed E-state index contributed by atoms with van der Waals surface area (Å²) >= 11 is 0. The molecule has 150 valence electrons. The fourth-order valence-electron chi connectivity index (χ4n) is 4.43. The van der Waals surface area contributed by atoms with Crippen molar-refractivity contribution in [1.82, 2.24) is 9.80 Å². The van der Waals surface area contributed by atoms with Crippen molar-refractivity contribution in [2.75, 3.05) is 32.7 Å². The second-order valence-corrected chi connectivity index (χ2v) is 7.82. The molecule has 28 heavy (non-hydrogen) atoms. The van der Waals surface area contributed by atoms with Crippen LogP contribution in [0.5, 0.6) is 0 Å². The number of nitrogens with two attached hydrogens (primary N) is 1. The van der Waals surface area contributed by atoms with Crippen LogP contribution in [0.4, 0.5) is 4.39 Å². The van der Waals surface area contributed by atoms with Crippen molar-refractivity contribution in [3.8, 4) is 0 Å². The minimum absolute atomic E-state index is 0. The molecule has 3 rings (SSSR count). The van der Waals surface area contributed by atoms with Crippen LogP contribution >= 0.6 is 0 Å². The van der Waals surface area contributed by atoms with Gasteiger partial charge in [0.2, 0.25) is 5.91 Å². The molecule has 7 heteroatoms. The summed E-state index contributed by atoms with van der Waals surface area (Å²) in [6, 6.07) is 5.72. The van der Waals surface area contributed by atoms with E-state index in [0.717, 1.165) is 64.8 Å². The summed E-state index contributed by atoms with van der Waals surface area (Å²) in [5.41, 5.74) is 5.90. The molecule has 2 saturated heterocycles. The Morgan fingerprint density at radius 1 is 1.00 bits per heavy atom. The number of nitrogens with zero attached hydrogens (tertiary/aromatic N) is 2. The van der Waals surface area contributed by atoms with Gasteiger partial charge in [0.25, 0.3) is 0 Å². The molecule has 2 heterocycles. The van der Waals surface area contributed by atoms with Crippen molar-refractivity contribution in [3.63, 3.8) is 0 Å². The number of hydrogen-bond donors (Lipinski definition) is 1. The molecule has 0 unspecified atom stereocenters. The van der Waals surface area contributed by atoms with Gasteiger partial charge in [-0.1, -0.05) is 6.42 Å². The molecule has 0 atom stereocenters. The van der Waals surface area contributed by atoms with Crippen molar-refractivity contribution < 1.29 is 14.0 Å². The fourth-order valence-corrected chi connectivity index (χ4v) is 4.43. The van der Waals surface area contributed by atoms with E-state index in [0.29, 0.717) is 12.0 Å². The maximum atomic E-state index is 12.9. The molecule has 1 aromatic rings. The Hall–Kier alpha value is -1.19. The Kier molecular flexibility index (Phi) is 8.70. The zero-order valence-electron chi connectivity index (χ0n) is 16.0. The van der Waals surface area contributed by atoms with Gasteiger partial charge >= 0.3 is 18.9 Å². The number of halogens is 1. The fraction of sp³-hybridized carbons (Fsp3) is 0.619. The Labute approximate surface area is 179 Å². The Morgan fingerprint density at radius 2 is 1.61 bits per heavy atom. The number of primary amides is 1. The molecule has 0 spiro atoms. The predicted molar refractivity (Wildman–Crippen MR) is 110 cm³/mol. The van der Waals surface area contributed by atoms with Crippen LogP contribution in [0.2, 0.25) is 0 Å². The van der Waals surface area contributed by atoms with Crippen molar-refractivity contribution >= 4 is 30.6 Å². The number of benzene rings is 1. The van der Waals surface area contributed by atoms with E-state index in [2.05, 4.69) is 9.80 Å². The van der Waals surface area contributed by atoms with Crippen molar-refractivity contribution in [1.29, 1.82) is 0 Å². The van der Waals surface area contributed by atoms with Crippen LogP contribution in [0, 0.1) is 5.82 Å². The topological polar surface area (TPSA) is 66.6 Å². The first-order valence-electron chi connectivity index (χ1n) is 10.1. The maximum absolute atomic E-state index is 12.9. The number of amides is 1. The second kappa shape index (κ2) is 10.5. The average molecular weight is 383 g/mol. The van der Waals surface area contributed by atoms with Gasteiger partial charge in [0.05, 0.1) is 0 Å². The second-order valence-electron chi connectivity index (χ2n) is 7.82. The standard InChI is InChI=1S/C21H30FN3O2.Li.H/c22-18-8-6-17(7-9-18)19(26)5-4-12-24-15-10-21(11-16-24,20(23)27)25-13-2-1-3-14-25;;/h6-9H,1-5,10-16H2,(H2,23,27);;. The Bertz CT molecular complexity index is 654. The van der Waals surface area contributed by atoms with E-state index >= 15 is 0 Å². The summed E-state index contributed by atoms with van der Waals surface area (Å²) in [5, 5.41) is 0. The van der Waals surface area contributed by atoms with Gasteiger partial charge in [-0.05, 0) is 76.0 Å². The van der Waals surface area contributed by atoms with Gasteiger partial charge in [0, 0.05) is 25.1 Å². The van der Waals surface area contributed by atoms with E-state index in [1.165, 1.54) is 18.6 Å². The molecule has 1 amide bonds. The van der Waals surface area contributed by atoms with Crippen molar-refractivity contribution in [2.45, 2.75) is 50.5 Å². The summed E-state index contributed by atoms with van der Waals surface area (Å²) in [7, 11) is 0. The minimum atomic E-state index is -0.485. The Morgan fingerprint density at radius 3 is 2.18 bits per heavy atom. The zero-order valence-corrected chi connectivity index (χ0v) is 16.0. The van der Waals surface area contributed by atoms with E-state index in [9.17, 15) is 14.0 Å². The van der Waals surface area contributed by atoms with E-state index in [1.807, 2.05) is 0 Å². The van der Waals surface area contributed by atoms with Crippen molar-refractivity contribution in [3.05, 3.63) is 35.6 Å². The molecule has 0 bridgehead atoms. The van der Waals surface area contributed by atoms with Gasteiger partial charge < -0.3 is 10.6 Å². The number of likely N-dealkylation sites (tertiary alicyclic amines) is 2. The molecule has 2 aliphatic heterocycles. The van der Waals surface area contributed by atoms with Crippen LogP contribution in [0.25, 0.3) is 0 Å². The first-order valence-corrected chi connectivity index (χ1v) is 10.1. The molecule has 2 aliphatic rings. The number of hydrogen-bond acceptors (Lipinski definition) is 4. The SMILES string of the molecule is NC(=O)C1(N2CCCCC2)CCN(CCCC(=O)c2ccc(F)cc2)CC1.[LiH]. The predicted octanol–water partition coefficient (Wildman–Crippen LogP) is 1.95.